The fourth-order valence-corrected chi connectivity index (χ4v) is 1.22. The van der Waals surface area contributed by atoms with Crippen molar-refractivity contribution in [2.24, 2.45) is 5.73 Å². The summed E-state index contributed by atoms with van der Waals surface area (Å²) in [7, 11) is 0. The molecule has 62 valence electrons. The Bertz CT molecular complexity index is 74.0. The van der Waals surface area contributed by atoms with E-state index in [1.807, 2.05) is 0 Å². The van der Waals surface area contributed by atoms with Crippen LogP contribution in [0.1, 0.15) is 25.7 Å². The average molecular weight is 166 g/mol. The first kappa shape index (κ1) is 10.2. The van der Waals surface area contributed by atoms with E-state index in [9.17, 15) is 0 Å². The maximum absolute atomic E-state index is 5.40. The van der Waals surface area contributed by atoms with Gasteiger partial charge in [-0.25, -0.2) is 0 Å². The Morgan fingerprint density at radius 3 is 2.80 bits per heavy atom. The van der Waals surface area contributed by atoms with Crippen LogP contribution in [-0.2, 0) is 4.74 Å². The van der Waals surface area contributed by atoms with E-state index in [-0.39, 0.29) is 12.4 Å². The molecule has 2 N–H and O–H groups in total. The second-order valence-electron chi connectivity index (χ2n) is 2.57. The van der Waals surface area contributed by atoms with Crippen molar-refractivity contribution in [2.75, 3.05) is 13.2 Å². The van der Waals surface area contributed by atoms with Gasteiger partial charge in [-0.2, -0.15) is 0 Å². The number of ether oxygens (including phenoxy) is 1. The highest BCUT2D eigenvalue weighted by atomic mass is 35.5. The molecule has 0 bridgehead atoms. The Kier molecular flexibility index (Phi) is 6.08. The molecule has 0 spiro atoms. The summed E-state index contributed by atoms with van der Waals surface area (Å²) in [4.78, 5) is 0. The highest BCUT2D eigenvalue weighted by molar-refractivity contribution is 5.85. The first-order valence-electron chi connectivity index (χ1n) is 3.75. The Morgan fingerprint density at radius 1 is 1.50 bits per heavy atom. The molecule has 0 aromatic carbocycles. The van der Waals surface area contributed by atoms with E-state index in [1.165, 1.54) is 12.8 Å². The van der Waals surface area contributed by atoms with Crippen LogP contribution in [0.3, 0.4) is 0 Å². The molecule has 1 fully saturated rings. The zero-order valence-corrected chi connectivity index (χ0v) is 7.03. The van der Waals surface area contributed by atoms with Crippen molar-refractivity contribution >= 4 is 12.4 Å². The van der Waals surface area contributed by atoms with E-state index in [4.69, 9.17) is 10.5 Å². The lowest BCUT2D eigenvalue weighted by molar-refractivity contribution is 0.103. The summed E-state index contributed by atoms with van der Waals surface area (Å²) >= 11 is 0. The lowest BCUT2D eigenvalue weighted by Gasteiger charge is -2.06. The Morgan fingerprint density at radius 2 is 2.30 bits per heavy atom. The molecule has 1 atom stereocenters. The highest BCUT2D eigenvalue weighted by Gasteiger charge is 2.13. The summed E-state index contributed by atoms with van der Waals surface area (Å²) in [5, 5.41) is 0. The Labute approximate surface area is 68.5 Å². The Hall–Kier alpha value is 0.210. The molecule has 0 aliphatic carbocycles. The van der Waals surface area contributed by atoms with Crippen LogP contribution in [0.5, 0.6) is 0 Å². The summed E-state index contributed by atoms with van der Waals surface area (Å²) in [6.07, 6.45) is 5.31. The van der Waals surface area contributed by atoms with Crippen molar-refractivity contribution in [3.8, 4) is 0 Å². The minimum absolute atomic E-state index is 0. The maximum atomic E-state index is 5.40. The van der Waals surface area contributed by atoms with Gasteiger partial charge in [0.25, 0.3) is 0 Å². The van der Waals surface area contributed by atoms with Crippen LogP contribution in [0.4, 0.5) is 0 Å². The molecule has 0 amide bonds. The molecule has 0 saturated carbocycles. The number of hydrogen-bond donors (Lipinski definition) is 1. The predicted molar refractivity (Wildman–Crippen MR) is 44.5 cm³/mol. The first-order valence-corrected chi connectivity index (χ1v) is 3.75. The molecule has 1 unspecified atom stereocenters. The lowest BCUT2D eigenvalue weighted by Crippen LogP contribution is -2.08. The van der Waals surface area contributed by atoms with Crippen molar-refractivity contribution < 1.29 is 4.74 Å². The minimum Gasteiger partial charge on any atom is -0.378 e. The summed E-state index contributed by atoms with van der Waals surface area (Å²) in [5.41, 5.74) is 5.35. The van der Waals surface area contributed by atoms with E-state index >= 15 is 0 Å². The highest BCUT2D eigenvalue weighted by Crippen LogP contribution is 2.15. The molecule has 1 heterocycles. The van der Waals surface area contributed by atoms with Crippen LogP contribution in [0.25, 0.3) is 0 Å². The van der Waals surface area contributed by atoms with Gasteiger partial charge in [0.2, 0.25) is 0 Å². The van der Waals surface area contributed by atoms with Crippen molar-refractivity contribution in [3.05, 3.63) is 0 Å². The molecule has 0 aromatic heterocycles. The van der Waals surface area contributed by atoms with E-state index in [1.54, 1.807) is 0 Å². The van der Waals surface area contributed by atoms with Crippen LogP contribution in [0.15, 0.2) is 0 Å². The summed E-state index contributed by atoms with van der Waals surface area (Å²) in [6, 6.07) is 0. The van der Waals surface area contributed by atoms with Gasteiger partial charge in [0.05, 0.1) is 6.10 Å². The topological polar surface area (TPSA) is 35.2 Å². The van der Waals surface area contributed by atoms with Gasteiger partial charge in [-0.3, -0.25) is 0 Å². The van der Waals surface area contributed by atoms with Gasteiger partial charge >= 0.3 is 0 Å². The summed E-state index contributed by atoms with van der Waals surface area (Å²) < 4.78 is 5.40. The molecular formula is C7H16ClNO. The molecule has 1 saturated heterocycles. The number of hydrogen-bond acceptors (Lipinski definition) is 2. The van der Waals surface area contributed by atoms with Crippen LogP contribution in [0, 0.1) is 0 Å². The van der Waals surface area contributed by atoms with E-state index in [2.05, 4.69) is 0 Å². The van der Waals surface area contributed by atoms with Crippen LogP contribution in [0.2, 0.25) is 0 Å². The first-order chi connectivity index (χ1) is 4.43. The fraction of sp³-hybridized carbons (Fsp3) is 1.00. The van der Waals surface area contributed by atoms with Gasteiger partial charge in [0, 0.05) is 6.61 Å². The number of nitrogens with two attached hydrogens (primary N) is 1. The van der Waals surface area contributed by atoms with Gasteiger partial charge in [-0.15, -0.1) is 12.4 Å². The standard InChI is InChI=1S/C7H15NO.ClH/c8-5-1-3-7-4-2-6-9-7;/h7H,1-6,8H2;1H. The lowest BCUT2D eigenvalue weighted by atomic mass is 10.1. The molecule has 10 heavy (non-hydrogen) atoms. The van der Waals surface area contributed by atoms with Crippen molar-refractivity contribution in [1.29, 1.82) is 0 Å². The molecule has 2 nitrogen and oxygen atoms in total. The van der Waals surface area contributed by atoms with Crippen molar-refractivity contribution in [3.63, 3.8) is 0 Å². The number of rotatable bonds is 3. The molecule has 3 heteroatoms. The molecular weight excluding hydrogens is 150 g/mol. The third-order valence-corrected chi connectivity index (χ3v) is 1.75. The van der Waals surface area contributed by atoms with Crippen molar-refractivity contribution in [1.82, 2.24) is 0 Å². The molecule has 1 aliphatic rings. The molecule has 0 radical (unpaired) electrons. The van der Waals surface area contributed by atoms with Gasteiger partial charge in [0.15, 0.2) is 0 Å². The zero-order chi connectivity index (χ0) is 6.53. The quantitative estimate of drug-likeness (QED) is 0.685. The average Bonchev–Trinajstić information content (AvgIpc) is 2.34. The third-order valence-electron chi connectivity index (χ3n) is 1.75. The van der Waals surface area contributed by atoms with Gasteiger partial charge in [0.1, 0.15) is 0 Å². The SMILES string of the molecule is Cl.NCCCC1CCCO1. The second kappa shape index (κ2) is 5.96. The van der Waals surface area contributed by atoms with Gasteiger partial charge < -0.3 is 10.5 Å². The van der Waals surface area contributed by atoms with Crippen LogP contribution in [-0.4, -0.2) is 19.3 Å². The zero-order valence-electron chi connectivity index (χ0n) is 6.21. The normalized spacial score (nSPS) is 24.3. The predicted octanol–water partition coefficient (Wildman–Crippen LogP) is 1.33. The van der Waals surface area contributed by atoms with Crippen LogP contribution >= 0.6 is 12.4 Å². The maximum Gasteiger partial charge on any atom is 0.0576 e. The van der Waals surface area contributed by atoms with E-state index < -0.39 is 0 Å². The van der Waals surface area contributed by atoms with E-state index in [0.29, 0.717) is 6.10 Å². The fourth-order valence-electron chi connectivity index (χ4n) is 1.22. The molecule has 1 aliphatic heterocycles. The van der Waals surface area contributed by atoms with E-state index in [0.717, 1.165) is 26.0 Å². The third kappa shape index (κ3) is 3.40. The molecule has 0 aromatic rings. The Balaban J connectivity index is 0.000000810. The minimum atomic E-state index is 0. The van der Waals surface area contributed by atoms with Crippen LogP contribution < -0.4 is 5.73 Å². The summed E-state index contributed by atoms with van der Waals surface area (Å²) in [6.45, 7) is 1.77. The number of halogens is 1. The summed E-state index contributed by atoms with van der Waals surface area (Å²) in [5.74, 6) is 0. The monoisotopic (exact) mass is 165 g/mol. The second-order valence-corrected chi connectivity index (χ2v) is 2.57. The van der Waals surface area contributed by atoms with Gasteiger partial charge in [-0.05, 0) is 32.2 Å². The molecule has 1 rings (SSSR count). The largest absolute Gasteiger partial charge is 0.378 e. The smallest absolute Gasteiger partial charge is 0.0576 e. The van der Waals surface area contributed by atoms with Gasteiger partial charge in [-0.1, -0.05) is 0 Å². The van der Waals surface area contributed by atoms with Crippen molar-refractivity contribution in [2.45, 2.75) is 31.8 Å².